The summed E-state index contributed by atoms with van der Waals surface area (Å²) in [5.74, 6) is -2.10. The fourth-order valence-electron chi connectivity index (χ4n) is 5.22. The summed E-state index contributed by atoms with van der Waals surface area (Å²) in [7, 11) is 0. The second-order valence-corrected chi connectivity index (χ2v) is 8.02. The Hall–Kier alpha value is -1.89. The first-order valence-electron chi connectivity index (χ1n) is 9.01. The molecule has 1 N–H and O–H groups in total. The molecule has 26 heavy (non-hydrogen) atoms. The van der Waals surface area contributed by atoms with Gasteiger partial charge in [0.1, 0.15) is 12.7 Å². The summed E-state index contributed by atoms with van der Waals surface area (Å²) in [6, 6.07) is 0. The van der Waals surface area contributed by atoms with Crippen molar-refractivity contribution in [2.24, 2.45) is 17.3 Å². The van der Waals surface area contributed by atoms with Crippen LogP contribution in [0.2, 0.25) is 0 Å². The van der Waals surface area contributed by atoms with Gasteiger partial charge in [0.05, 0.1) is 6.10 Å². The number of aliphatic hydroxyl groups is 1. The maximum Gasteiger partial charge on any atom is 0.334 e. The van der Waals surface area contributed by atoms with E-state index in [2.05, 4.69) is 6.58 Å². The molecule has 2 aliphatic carbocycles. The normalized spacial score (nSPS) is 41.7. The van der Waals surface area contributed by atoms with Crippen molar-refractivity contribution < 1.29 is 33.7 Å². The van der Waals surface area contributed by atoms with E-state index in [0.29, 0.717) is 31.3 Å². The molecule has 0 aromatic rings. The number of carbonyl (C=O) groups is 3. The third-order valence-corrected chi connectivity index (χ3v) is 6.42. The van der Waals surface area contributed by atoms with E-state index in [1.54, 1.807) is 0 Å². The van der Waals surface area contributed by atoms with E-state index in [0.717, 1.165) is 0 Å². The first-order valence-corrected chi connectivity index (χ1v) is 9.01. The molecule has 0 amide bonds. The molecule has 0 bridgehead atoms. The summed E-state index contributed by atoms with van der Waals surface area (Å²) < 4.78 is 16.6. The number of carbonyl (C=O) groups excluding carboxylic acids is 3. The zero-order valence-electron chi connectivity index (χ0n) is 15.4. The molecule has 0 radical (unpaired) electrons. The summed E-state index contributed by atoms with van der Waals surface area (Å²) in [6.07, 6.45) is 0.866. The van der Waals surface area contributed by atoms with Crippen molar-refractivity contribution in [3.05, 3.63) is 12.2 Å². The highest BCUT2D eigenvalue weighted by molar-refractivity contribution is 5.91. The molecule has 7 nitrogen and oxygen atoms in total. The second kappa shape index (κ2) is 6.37. The van der Waals surface area contributed by atoms with Crippen LogP contribution >= 0.6 is 0 Å². The van der Waals surface area contributed by atoms with E-state index in [1.807, 2.05) is 6.92 Å². The Morgan fingerprint density at radius 1 is 1.27 bits per heavy atom. The molecule has 0 aromatic carbocycles. The molecule has 0 aromatic heterocycles. The number of aliphatic hydroxyl groups excluding tert-OH is 1. The van der Waals surface area contributed by atoms with E-state index < -0.39 is 47.0 Å². The van der Waals surface area contributed by atoms with Crippen LogP contribution in [0.15, 0.2) is 12.2 Å². The third-order valence-electron chi connectivity index (χ3n) is 6.42. The summed E-state index contributed by atoms with van der Waals surface area (Å²) in [5, 5.41) is 10.7. The van der Waals surface area contributed by atoms with Crippen LogP contribution in [-0.2, 0) is 28.6 Å². The molecular formula is C19H26O7. The van der Waals surface area contributed by atoms with E-state index in [-0.39, 0.29) is 12.5 Å². The highest BCUT2D eigenvalue weighted by Crippen LogP contribution is 2.60. The van der Waals surface area contributed by atoms with Crippen molar-refractivity contribution in [2.75, 3.05) is 6.61 Å². The quantitative estimate of drug-likeness (QED) is 0.459. The maximum absolute atomic E-state index is 12.1. The Morgan fingerprint density at radius 2 is 1.96 bits per heavy atom. The van der Waals surface area contributed by atoms with Crippen LogP contribution in [0.1, 0.15) is 46.5 Å². The molecule has 3 rings (SSSR count). The Balaban J connectivity index is 2.07. The Bertz CT molecular complexity index is 656. The molecule has 1 saturated heterocycles. The van der Waals surface area contributed by atoms with Gasteiger partial charge in [-0.25, -0.2) is 4.79 Å². The average Bonchev–Trinajstić information content (AvgIpc) is 2.83. The van der Waals surface area contributed by atoms with Crippen molar-refractivity contribution in [2.45, 2.75) is 64.3 Å². The lowest BCUT2D eigenvalue weighted by Crippen LogP contribution is -2.66. The van der Waals surface area contributed by atoms with Gasteiger partial charge in [-0.1, -0.05) is 13.5 Å². The SMILES string of the molecule is C=C1C(=O)O[C@H]2[C@H]1CC[C@@]1(C)[C@H](O)CC[C@](COC(C)=O)(OC(C)=O)[C@H]21. The van der Waals surface area contributed by atoms with E-state index in [9.17, 15) is 19.5 Å². The topological polar surface area (TPSA) is 99.1 Å². The van der Waals surface area contributed by atoms with E-state index >= 15 is 0 Å². The van der Waals surface area contributed by atoms with Crippen LogP contribution < -0.4 is 0 Å². The largest absolute Gasteiger partial charge is 0.462 e. The lowest BCUT2D eigenvalue weighted by Gasteiger charge is -2.58. The third kappa shape index (κ3) is 2.82. The molecular weight excluding hydrogens is 340 g/mol. The number of ether oxygens (including phenoxy) is 3. The van der Waals surface area contributed by atoms with Crippen LogP contribution in [0.25, 0.3) is 0 Å². The molecule has 1 heterocycles. The summed E-state index contributed by atoms with van der Waals surface area (Å²) >= 11 is 0. The molecule has 2 saturated carbocycles. The summed E-state index contributed by atoms with van der Waals surface area (Å²) in [5.41, 5.74) is -1.35. The highest BCUT2D eigenvalue weighted by atomic mass is 16.6. The predicted octanol–water partition coefficient (Wildman–Crippen LogP) is 1.52. The number of rotatable bonds is 3. The van der Waals surface area contributed by atoms with Gasteiger partial charge in [0.2, 0.25) is 0 Å². The lowest BCUT2D eigenvalue weighted by molar-refractivity contribution is -0.243. The Labute approximate surface area is 152 Å². The average molecular weight is 366 g/mol. The van der Waals surface area contributed by atoms with Gasteiger partial charge in [-0.2, -0.15) is 0 Å². The van der Waals surface area contributed by atoms with Gasteiger partial charge in [-0.3, -0.25) is 9.59 Å². The molecule has 7 heteroatoms. The highest BCUT2D eigenvalue weighted by Gasteiger charge is 2.66. The molecule has 1 aliphatic heterocycles. The van der Waals surface area contributed by atoms with Crippen molar-refractivity contribution in [1.29, 1.82) is 0 Å². The molecule has 6 atom stereocenters. The van der Waals surface area contributed by atoms with Crippen molar-refractivity contribution in [3.8, 4) is 0 Å². The molecule has 144 valence electrons. The molecule has 0 spiro atoms. The van der Waals surface area contributed by atoms with Gasteiger partial charge in [0.15, 0.2) is 5.60 Å². The predicted molar refractivity (Wildman–Crippen MR) is 89.7 cm³/mol. The minimum Gasteiger partial charge on any atom is -0.462 e. The van der Waals surface area contributed by atoms with Crippen LogP contribution in [0.5, 0.6) is 0 Å². The van der Waals surface area contributed by atoms with Crippen LogP contribution in [-0.4, -0.2) is 47.4 Å². The van der Waals surface area contributed by atoms with Crippen LogP contribution in [0.3, 0.4) is 0 Å². The Kier molecular flexibility index (Phi) is 4.63. The number of hydrogen-bond donors (Lipinski definition) is 1. The molecule has 0 unspecified atom stereocenters. The van der Waals surface area contributed by atoms with Gasteiger partial charge in [-0.15, -0.1) is 0 Å². The van der Waals surface area contributed by atoms with Gasteiger partial charge >= 0.3 is 17.9 Å². The monoisotopic (exact) mass is 366 g/mol. The van der Waals surface area contributed by atoms with Gasteiger partial charge in [0.25, 0.3) is 0 Å². The first-order chi connectivity index (χ1) is 12.1. The Morgan fingerprint density at radius 3 is 2.58 bits per heavy atom. The van der Waals surface area contributed by atoms with Crippen molar-refractivity contribution in [1.82, 2.24) is 0 Å². The lowest BCUT2D eigenvalue weighted by atomic mass is 9.50. The maximum atomic E-state index is 12.1. The summed E-state index contributed by atoms with van der Waals surface area (Å²) in [4.78, 5) is 35.5. The smallest absolute Gasteiger partial charge is 0.334 e. The second-order valence-electron chi connectivity index (χ2n) is 8.02. The number of fused-ring (bicyclic) bond motifs is 3. The van der Waals surface area contributed by atoms with Gasteiger partial charge in [0, 0.05) is 36.7 Å². The minimum absolute atomic E-state index is 0.123. The number of hydrogen-bond acceptors (Lipinski definition) is 7. The van der Waals surface area contributed by atoms with Gasteiger partial charge < -0.3 is 19.3 Å². The van der Waals surface area contributed by atoms with Gasteiger partial charge in [-0.05, 0) is 25.7 Å². The fourth-order valence-corrected chi connectivity index (χ4v) is 5.22. The van der Waals surface area contributed by atoms with E-state index in [1.165, 1.54) is 13.8 Å². The fraction of sp³-hybridized carbons (Fsp3) is 0.737. The molecule has 3 fully saturated rings. The van der Waals surface area contributed by atoms with Crippen LogP contribution in [0.4, 0.5) is 0 Å². The summed E-state index contributed by atoms with van der Waals surface area (Å²) in [6.45, 7) is 8.25. The van der Waals surface area contributed by atoms with E-state index in [4.69, 9.17) is 14.2 Å². The van der Waals surface area contributed by atoms with Crippen molar-refractivity contribution >= 4 is 17.9 Å². The standard InChI is InChI=1S/C19H26O7/c1-10-13-5-7-18(4)14(22)6-8-19(26-12(3)21,9-24-11(2)20)16(18)15(13)25-17(10)23/h13-16,22H,1,5-9H2,2-4H3/t13-,14+,15-,16+,18-,19+/m0/s1. The minimum atomic E-state index is -1.14. The first kappa shape index (κ1) is 18.9. The number of esters is 3. The van der Waals surface area contributed by atoms with Crippen LogP contribution in [0, 0.1) is 17.3 Å². The van der Waals surface area contributed by atoms with Crippen molar-refractivity contribution in [3.63, 3.8) is 0 Å². The zero-order chi connectivity index (χ0) is 19.3. The molecule has 3 aliphatic rings. The zero-order valence-corrected chi connectivity index (χ0v) is 15.4.